The third-order valence-electron chi connectivity index (χ3n) is 6.95. The Morgan fingerprint density at radius 3 is 2.62 bits per heavy atom. The predicted octanol–water partition coefficient (Wildman–Crippen LogP) is 2.07. The van der Waals surface area contributed by atoms with Crippen LogP contribution >= 0.6 is 23.5 Å². The molecule has 214 valence electrons. The van der Waals surface area contributed by atoms with E-state index in [1.807, 2.05) is 13.0 Å². The van der Waals surface area contributed by atoms with Crippen molar-refractivity contribution in [2.24, 2.45) is 0 Å². The van der Waals surface area contributed by atoms with E-state index in [0.717, 1.165) is 0 Å². The van der Waals surface area contributed by atoms with Gasteiger partial charge in [-0.1, -0.05) is 54.2 Å². The van der Waals surface area contributed by atoms with Crippen LogP contribution in [0.3, 0.4) is 0 Å². The molecule has 13 nitrogen and oxygen atoms in total. The Balaban J connectivity index is 1.20. The minimum Gasteiger partial charge on any atom is -0.477 e. The van der Waals surface area contributed by atoms with E-state index >= 15 is 0 Å². The van der Waals surface area contributed by atoms with Gasteiger partial charge in [0.15, 0.2) is 5.82 Å². The molecule has 15 heteroatoms. The lowest BCUT2D eigenvalue weighted by Gasteiger charge is -2.50. The molecule has 5 N–H and O–H groups in total. The molecule has 0 saturated carbocycles. The minimum atomic E-state index is -1.22. The van der Waals surface area contributed by atoms with Gasteiger partial charge in [0.2, 0.25) is 5.91 Å². The molecule has 3 amide bonds. The summed E-state index contributed by atoms with van der Waals surface area (Å²) in [5, 5.41) is 25.5. The average molecular weight is 605 g/mol. The van der Waals surface area contributed by atoms with Crippen molar-refractivity contribution in [3.63, 3.8) is 0 Å². The molecule has 6 rings (SSSR count). The summed E-state index contributed by atoms with van der Waals surface area (Å²) in [6.07, 6.45) is 1.54. The molecule has 0 bridgehead atoms. The van der Waals surface area contributed by atoms with Crippen LogP contribution in [0.25, 0.3) is 11.0 Å². The summed E-state index contributed by atoms with van der Waals surface area (Å²) in [7, 11) is 0. The molecule has 4 aromatic rings. The van der Waals surface area contributed by atoms with Crippen LogP contribution in [0.1, 0.15) is 29.1 Å². The number of carboxylic acids is 1. The number of hydrogen-bond acceptors (Lipinski definition) is 9. The number of hydrogen-bond donors (Lipinski definition) is 5. The lowest BCUT2D eigenvalue weighted by molar-refractivity contribution is -0.151. The van der Waals surface area contributed by atoms with Crippen LogP contribution in [0.4, 0.5) is 0 Å². The predicted molar refractivity (Wildman–Crippen MR) is 154 cm³/mol. The van der Waals surface area contributed by atoms with Gasteiger partial charge in [0, 0.05) is 11.0 Å². The van der Waals surface area contributed by atoms with E-state index in [4.69, 9.17) is 0 Å². The van der Waals surface area contributed by atoms with Crippen LogP contribution in [-0.2, 0) is 14.4 Å². The van der Waals surface area contributed by atoms with E-state index in [0.29, 0.717) is 32.9 Å². The quantitative estimate of drug-likeness (QED) is 0.140. The molecule has 0 radical (unpaired) electrons. The zero-order valence-corrected chi connectivity index (χ0v) is 23.6. The van der Waals surface area contributed by atoms with Crippen molar-refractivity contribution in [1.82, 2.24) is 40.9 Å². The number of aliphatic carboxylic acids is 1. The number of nitrogens with one attached hydrogen (secondary N) is 4. The Labute approximate surface area is 246 Å². The Morgan fingerprint density at radius 1 is 1.14 bits per heavy atom. The molecule has 0 spiro atoms. The van der Waals surface area contributed by atoms with Crippen molar-refractivity contribution in [3.05, 3.63) is 83.5 Å². The number of benzene rings is 2. The second kappa shape index (κ2) is 11.3. The van der Waals surface area contributed by atoms with Gasteiger partial charge in [-0.15, -0.1) is 16.9 Å². The molecule has 0 aliphatic carbocycles. The number of para-hydroxylation sites is 2. The SMILES string of the molecule is CC(Sc1cn[nH]n1)C1=C(C(=O)O)N2C(=O)C(NC(=O)C(NC(=O)c3nc4ccccc4[nH]3)c3ccccc3)[C@@H]2SC1. The van der Waals surface area contributed by atoms with Crippen molar-refractivity contribution in [1.29, 1.82) is 0 Å². The first-order valence-corrected chi connectivity index (χ1v) is 14.8. The highest BCUT2D eigenvalue weighted by atomic mass is 32.2. The Kier molecular flexibility index (Phi) is 7.43. The van der Waals surface area contributed by atoms with Crippen LogP contribution in [0.15, 0.2) is 77.1 Å². The van der Waals surface area contributed by atoms with Gasteiger partial charge in [-0.2, -0.15) is 10.3 Å². The van der Waals surface area contributed by atoms with Gasteiger partial charge in [-0.05, 0) is 30.2 Å². The van der Waals surface area contributed by atoms with Crippen LogP contribution < -0.4 is 10.6 Å². The number of H-pyrrole nitrogens is 2. The number of carboxylic acid groups (broad SMARTS) is 1. The second-order valence-corrected chi connectivity index (χ2v) is 12.0. The van der Waals surface area contributed by atoms with Gasteiger partial charge in [0.05, 0.1) is 17.2 Å². The number of nitrogens with zero attached hydrogens (tertiary/aromatic N) is 4. The summed E-state index contributed by atoms with van der Waals surface area (Å²) >= 11 is 2.70. The van der Waals surface area contributed by atoms with Gasteiger partial charge >= 0.3 is 5.97 Å². The summed E-state index contributed by atoms with van der Waals surface area (Å²) in [4.78, 5) is 60.8. The van der Waals surface area contributed by atoms with Crippen molar-refractivity contribution in [3.8, 4) is 0 Å². The molecule has 4 atom stereocenters. The maximum atomic E-state index is 13.6. The Bertz CT molecular complexity index is 1670. The summed E-state index contributed by atoms with van der Waals surface area (Å²) in [6, 6.07) is 13.7. The van der Waals surface area contributed by atoms with E-state index < -0.39 is 41.1 Å². The number of rotatable bonds is 9. The normalized spacial score (nSPS) is 19.5. The van der Waals surface area contributed by atoms with E-state index in [9.17, 15) is 24.3 Å². The first-order chi connectivity index (χ1) is 20.3. The first-order valence-electron chi connectivity index (χ1n) is 12.9. The van der Waals surface area contributed by atoms with Gasteiger partial charge in [-0.3, -0.25) is 19.3 Å². The fourth-order valence-electron chi connectivity index (χ4n) is 4.90. The molecule has 2 aliphatic rings. The van der Waals surface area contributed by atoms with Gasteiger partial charge in [0.25, 0.3) is 11.8 Å². The summed E-state index contributed by atoms with van der Waals surface area (Å²) in [5.74, 6) is -2.57. The topological polar surface area (TPSA) is 186 Å². The molecular weight excluding hydrogens is 580 g/mol. The lowest BCUT2D eigenvalue weighted by Crippen LogP contribution is -2.71. The maximum Gasteiger partial charge on any atom is 0.352 e. The van der Waals surface area contributed by atoms with E-state index in [-0.39, 0.29) is 16.8 Å². The zero-order valence-electron chi connectivity index (χ0n) is 22.0. The van der Waals surface area contributed by atoms with E-state index in [1.54, 1.807) is 48.5 Å². The van der Waals surface area contributed by atoms with E-state index in [2.05, 4.69) is 36.0 Å². The molecule has 2 aliphatic heterocycles. The van der Waals surface area contributed by atoms with Crippen LogP contribution in [0.2, 0.25) is 0 Å². The molecule has 3 unspecified atom stereocenters. The lowest BCUT2D eigenvalue weighted by atomic mass is 10.00. The van der Waals surface area contributed by atoms with Crippen LogP contribution in [0.5, 0.6) is 0 Å². The van der Waals surface area contributed by atoms with Crippen molar-refractivity contribution < 1.29 is 24.3 Å². The maximum absolute atomic E-state index is 13.6. The number of imidazole rings is 1. The molecule has 42 heavy (non-hydrogen) atoms. The number of amides is 3. The van der Waals surface area contributed by atoms with Crippen molar-refractivity contribution in [2.45, 2.75) is 34.7 Å². The molecular formula is C27H24N8O5S2. The zero-order chi connectivity index (χ0) is 29.4. The highest BCUT2D eigenvalue weighted by Crippen LogP contribution is 2.43. The first kappa shape index (κ1) is 27.5. The third-order valence-corrected chi connectivity index (χ3v) is 9.33. The number of fused-ring (bicyclic) bond motifs is 2. The number of thioether (sulfide) groups is 2. The average Bonchev–Trinajstić information content (AvgIpc) is 3.68. The molecule has 2 aromatic carbocycles. The van der Waals surface area contributed by atoms with Crippen LogP contribution in [-0.4, -0.2) is 81.5 Å². The van der Waals surface area contributed by atoms with Gasteiger partial charge < -0.3 is 20.7 Å². The second-order valence-electron chi connectivity index (χ2n) is 9.56. The molecule has 4 heterocycles. The minimum absolute atomic E-state index is 0.0417. The van der Waals surface area contributed by atoms with Crippen LogP contribution in [0, 0.1) is 0 Å². The fraction of sp³-hybridized carbons (Fsp3) is 0.222. The Hall–Kier alpha value is -4.63. The largest absolute Gasteiger partial charge is 0.477 e. The number of carbonyl (C=O) groups is 4. The monoisotopic (exact) mass is 604 g/mol. The van der Waals surface area contributed by atoms with Gasteiger partial charge in [0.1, 0.15) is 28.2 Å². The fourth-order valence-corrected chi connectivity index (χ4v) is 7.38. The summed E-state index contributed by atoms with van der Waals surface area (Å²) < 4.78 is 0. The number of aromatic amines is 2. The number of aromatic nitrogens is 5. The summed E-state index contributed by atoms with van der Waals surface area (Å²) in [5.41, 5.74) is 2.28. The van der Waals surface area contributed by atoms with Crippen molar-refractivity contribution in [2.75, 3.05) is 5.75 Å². The molecule has 1 fully saturated rings. The highest BCUT2D eigenvalue weighted by molar-refractivity contribution is 8.01. The standard InChI is InChI=1S/C27H24N8O5S2/c1-13(42-18-11-28-34-33-18)15-12-41-26-20(25(38)35(26)21(15)27(39)40)32-23(36)19(14-7-3-2-4-8-14)31-24(37)22-29-16-9-5-6-10-17(16)30-22/h2-11,13,19-20,26H,12H2,1H3,(H,29,30)(H,31,37)(H,32,36)(H,39,40)(H,28,33,34)/t13?,19?,20?,26-/m0/s1. The van der Waals surface area contributed by atoms with Crippen molar-refractivity contribution >= 4 is 58.2 Å². The highest BCUT2D eigenvalue weighted by Gasteiger charge is 2.55. The van der Waals surface area contributed by atoms with E-state index in [1.165, 1.54) is 34.6 Å². The smallest absolute Gasteiger partial charge is 0.352 e. The molecule has 2 aromatic heterocycles. The van der Waals surface area contributed by atoms with Gasteiger partial charge in [-0.25, -0.2) is 9.78 Å². The Morgan fingerprint density at radius 2 is 1.90 bits per heavy atom. The third kappa shape index (κ3) is 5.12. The number of β-lactam (4-membered cyclic amide) rings is 1. The number of carbonyl (C=O) groups excluding carboxylic acids is 3. The summed E-state index contributed by atoms with van der Waals surface area (Å²) in [6.45, 7) is 1.84. The molecule has 1 saturated heterocycles.